The Morgan fingerprint density at radius 2 is 0.789 bits per heavy atom. The van der Waals surface area contributed by atoms with Crippen LogP contribution in [0.2, 0.25) is 0 Å². The molecule has 0 N–H and O–H groups in total. The molecule has 0 spiro atoms. The molecule has 0 atom stereocenters. The number of aromatic nitrogens is 2. The molecular weight excluding hydrogens is 705 g/mol. The highest BCUT2D eigenvalue weighted by Gasteiger charge is 2.43. The Morgan fingerprint density at radius 3 is 1.42 bits per heavy atom. The van der Waals surface area contributed by atoms with Gasteiger partial charge in [-0.1, -0.05) is 182 Å². The van der Waals surface area contributed by atoms with Crippen LogP contribution in [-0.4, -0.2) is 17.2 Å². The van der Waals surface area contributed by atoms with Gasteiger partial charge in [0.15, 0.2) is 8.07 Å². The van der Waals surface area contributed by atoms with Crippen molar-refractivity contribution in [1.82, 2.24) is 9.13 Å². The van der Waals surface area contributed by atoms with Crippen LogP contribution in [0.5, 0.6) is 0 Å². The highest BCUT2D eigenvalue weighted by atomic mass is 28.3. The van der Waals surface area contributed by atoms with Crippen molar-refractivity contribution in [2.75, 3.05) is 0 Å². The molecule has 0 aliphatic carbocycles. The number of fused-ring (bicyclic) bond motifs is 6. The molecule has 57 heavy (non-hydrogen) atoms. The van der Waals surface area contributed by atoms with Crippen LogP contribution in [0, 0.1) is 0 Å². The van der Waals surface area contributed by atoms with E-state index in [9.17, 15) is 0 Å². The van der Waals surface area contributed by atoms with E-state index in [-0.39, 0.29) is 0 Å². The second-order valence-electron chi connectivity index (χ2n) is 14.8. The van der Waals surface area contributed by atoms with Crippen molar-refractivity contribution in [1.29, 1.82) is 0 Å². The first-order valence-corrected chi connectivity index (χ1v) is 21.7. The summed E-state index contributed by atoms with van der Waals surface area (Å²) >= 11 is 0. The summed E-state index contributed by atoms with van der Waals surface area (Å²) in [6.45, 7) is 0. The molecule has 0 unspecified atom stereocenters. The van der Waals surface area contributed by atoms with Gasteiger partial charge < -0.3 is 9.13 Å². The summed E-state index contributed by atoms with van der Waals surface area (Å²) < 4.78 is 4.97. The molecule has 0 amide bonds. The zero-order valence-electron chi connectivity index (χ0n) is 31.3. The second-order valence-corrected chi connectivity index (χ2v) is 18.6. The van der Waals surface area contributed by atoms with Crippen molar-refractivity contribution in [2.24, 2.45) is 0 Å². The SMILES string of the molecule is c1ccc(-c2ccc3c(c2)c2c(-n4c5ccccc5c5c([Si](c6ccccc6)(c6ccccc6)c6ccccc6)cccc54)cccc2n3-c2ccccc2)cc1. The van der Waals surface area contributed by atoms with Crippen molar-refractivity contribution in [3.63, 3.8) is 0 Å². The molecule has 2 heterocycles. The van der Waals surface area contributed by atoms with Crippen LogP contribution in [0.3, 0.4) is 0 Å². The molecule has 3 heteroatoms. The molecular formula is C54H38N2Si. The summed E-state index contributed by atoms with van der Waals surface area (Å²) in [6.07, 6.45) is 0. The van der Waals surface area contributed by atoms with Gasteiger partial charge in [0.25, 0.3) is 0 Å². The number of para-hydroxylation sites is 2. The maximum Gasteiger partial charge on any atom is 0.180 e. The Balaban J connectivity index is 1.29. The molecule has 11 aromatic rings. The van der Waals surface area contributed by atoms with Crippen molar-refractivity contribution >= 4 is 72.4 Å². The lowest BCUT2D eigenvalue weighted by Gasteiger charge is -2.35. The van der Waals surface area contributed by atoms with Crippen molar-refractivity contribution in [2.45, 2.75) is 0 Å². The van der Waals surface area contributed by atoms with Gasteiger partial charge in [0, 0.05) is 27.2 Å². The minimum Gasteiger partial charge on any atom is -0.309 e. The Hall–Kier alpha value is -7.20. The van der Waals surface area contributed by atoms with Crippen LogP contribution in [0.15, 0.2) is 231 Å². The fraction of sp³-hybridized carbons (Fsp3) is 0. The molecule has 0 fully saturated rings. The standard InChI is InChI=1S/C54H38N2Si/c1-6-20-39(21-7-1)40-36-37-48-46(38-40)53-49(55(48)41-22-8-2-9-23-41)32-18-33-50(53)56-47-31-17-16-30-45(47)54-51(56)34-19-35-52(54)57(42-24-10-3-11-25-42,43-26-12-4-13-27-43)44-28-14-5-15-29-44/h1-38H. The maximum atomic E-state index is 2.54. The second kappa shape index (κ2) is 13.5. The third kappa shape index (κ3) is 5.10. The van der Waals surface area contributed by atoms with Crippen LogP contribution in [-0.2, 0) is 0 Å². The highest BCUT2D eigenvalue weighted by Crippen LogP contribution is 2.41. The van der Waals surface area contributed by atoms with Gasteiger partial charge in [-0.15, -0.1) is 0 Å². The van der Waals surface area contributed by atoms with Gasteiger partial charge in [0.1, 0.15) is 0 Å². The Morgan fingerprint density at radius 1 is 0.298 bits per heavy atom. The fourth-order valence-electron chi connectivity index (χ4n) is 9.53. The monoisotopic (exact) mass is 742 g/mol. The van der Waals surface area contributed by atoms with Crippen LogP contribution in [0.4, 0.5) is 0 Å². The lowest BCUT2D eigenvalue weighted by atomic mass is 10.0. The molecule has 2 aromatic heterocycles. The average Bonchev–Trinajstić information content (AvgIpc) is 3.81. The summed E-state index contributed by atoms with van der Waals surface area (Å²) in [5.41, 5.74) is 9.52. The minimum absolute atomic E-state index is 1.15. The van der Waals surface area contributed by atoms with Gasteiger partial charge >= 0.3 is 0 Å². The lowest BCUT2D eigenvalue weighted by molar-refractivity contribution is 1.17. The molecule has 0 bridgehead atoms. The predicted octanol–water partition coefficient (Wildman–Crippen LogP) is 10.9. The maximum absolute atomic E-state index is 2.87. The molecule has 268 valence electrons. The van der Waals surface area contributed by atoms with E-state index < -0.39 is 8.07 Å². The van der Waals surface area contributed by atoms with E-state index in [1.807, 2.05) is 0 Å². The van der Waals surface area contributed by atoms with E-state index in [2.05, 4.69) is 240 Å². The molecule has 0 aliphatic rings. The number of hydrogen-bond acceptors (Lipinski definition) is 0. The van der Waals surface area contributed by atoms with Crippen molar-refractivity contribution in [3.8, 4) is 22.5 Å². The van der Waals surface area contributed by atoms with Gasteiger partial charge in [-0.25, -0.2) is 0 Å². The van der Waals surface area contributed by atoms with E-state index in [4.69, 9.17) is 0 Å². The van der Waals surface area contributed by atoms with Crippen LogP contribution in [0.1, 0.15) is 0 Å². The van der Waals surface area contributed by atoms with Gasteiger partial charge in [-0.2, -0.15) is 0 Å². The third-order valence-corrected chi connectivity index (χ3v) is 16.7. The molecule has 11 rings (SSSR count). The summed E-state index contributed by atoms with van der Waals surface area (Å²) in [5, 5.41) is 10.5. The van der Waals surface area contributed by atoms with E-state index in [1.165, 1.54) is 81.2 Å². The van der Waals surface area contributed by atoms with Gasteiger partial charge in [0.05, 0.1) is 27.8 Å². The molecule has 2 nitrogen and oxygen atoms in total. The van der Waals surface area contributed by atoms with Crippen LogP contribution >= 0.6 is 0 Å². The van der Waals surface area contributed by atoms with E-state index in [1.54, 1.807) is 0 Å². The van der Waals surface area contributed by atoms with Gasteiger partial charge in [-0.3, -0.25) is 0 Å². The number of benzene rings is 9. The first-order chi connectivity index (χ1) is 28.3. The van der Waals surface area contributed by atoms with Gasteiger partial charge in [-0.05, 0) is 80.4 Å². The number of hydrogen-bond donors (Lipinski definition) is 0. The Labute approximate surface area is 333 Å². The molecule has 0 aliphatic heterocycles. The molecule has 9 aromatic carbocycles. The summed E-state index contributed by atoms with van der Waals surface area (Å²) in [4.78, 5) is 0. The zero-order chi connectivity index (χ0) is 37.8. The first-order valence-electron chi connectivity index (χ1n) is 19.7. The van der Waals surface area contributed by atoms with Crippen LogP contribution in [0.25, 0.3) is 66.1 Å². The topological polar surface area (TPSA) is 9.86 Å². The summed E-state index contributed by atoms with van der Waals surface area (Å²) in [5.74, 6) is 0. The fourth-order valence-corrected chi connectivity index (χ4v) is 14.5. The summed E-state index contributed by atoms with van der Waals surface area (Å²) in [6, 6.07) is 85.2. The smallest absolute Gasteiger partial charge is 0.180 e. The summed E-state index contributed by atoms with van der Waals surface area (Å²) in [7, 11) is -2.87. The number of rotatable bonds is 7. The highest BCUT2D eigenvalue weighted by molar-refractivity contribution is 7.20. The first kappa shape index (κ1) is 33.2. The number of nitrogens with zero attached hydrogens (tertiary/aromatic N) is 2. The minimum atomic E-state index is -2.87. The molecule has 0 saturated heterocycles. The third-order valence-electron chi connectivity index (χ3n) is 11.9. The van der Waals surface area contributed by atoms with Gasteiger partial charge in [0.2, 0.25) is 0 Å². The average molecular weight is 743 g/mol. The largest absolute Gasteiger partial charge is 0.309 e. The van der Waals surface area contributed by atoms with E-state index >= 15 is 0 Å². The lowest BCUT2D eigenvalue weighted by Crippen LogP contribution is -2.74. The van der Waals surface area contributed by atoms with Crippen molar-refractivity contribution in [3.05, 3.63) is 231 Å². The molecule has 0 radical (unpaired) electrons. The Bertz CT molecular complexity index is 3110. The van der Waals surface area contributed by atoms with E-state index in [0.29, 0.717) is 0 Å². The van der Waals surface area contributed by atoms with E-state index in [0.717, 1.165) is 5.69 Å². The van der Waals surface area contributed by atoms with Crippen molar-refractivity contribution < 1.29 is 0 Å². The predicted molar refractivity (Wildman–Crippen MR) is 244 cm³/mol. The quantitative estimate of drug-likeness (QED) is 0.114. The Kier molecular flexibility index (Phi) is 7.87. The zero-order valence-corrected chi connectivity index (χ0v) is 32.3. The normalized spacial score (nSPS) is 11.9. The van der Waals surface area contributed by atoms with Crippen LogP contribution < -0.4 is 20.7 Å². The molecule has 0 saturated carbocycles.